The molecule has 0 spiro atoms. The highest BCUT2D eigenvalue weighted by Crippen LogP contribution is 2.22. The zero-order valence-corrected chi connectivity index (χ0v) is 16.4. The Morgan fingerprint density at radius 1 is 1.28 bits per heavy atom. The van der Waals surface area contributed by atoms with E-state index in [0.717, 1.165) is 43.3 Å². The predicted octanol–water partition coefficient (Wildman–Crippen LogP) is 3.60. The van der Waals surface area contributed by atoms with Crippen LogP contribution in [0.25, 0.3) is 0 Å². The molecule has 0 bridgehead atoms. The number of rotatable bonds is 10. The topological polar surface area (TPSA) is 58.5 Å². The smallest absolute Gasteiger partial charge is 0.213 e. The van der Waals surface area contributed by atoms with E-state index in [2.05, 4.69) is 39.9 Å². The molecule has 0 amide bonds. The molecule has 1 aliphatic rings. The van der Waals surface area contributed by atoms with Crippen molar-refractivity contribution in [3.63, 3.8) is 0 Å². The predicted molar refractivity (Wildman–Crippen MR) is 108 cm³/mol. The van der Waals surface area contributed by atoms with E-state index in [1.54, 1.807) is 0 Å². The first-order chi connectivity index (χ1) is 12.3. The molecular weight excluding hydrogens is 332 g/mol. The molecule has 1 saturated carbocycles. The number of aromatic nitrogens is 1. The van der Waals surface area contributed by atoms with Crippen molar-refractivity contribution in [2.75, 3.05) is 25.1 Å². The number of hydrogen-bond acceptors (Lipinski definition) is 4. The molecule has 1 heterocycles. The highest BCUT2D eigenvalue weighted by atomic mass is 32.2. The summed E-state index contributed by atoms with van der Waals surface area (Å²) in [5, 5.41) is 6.69. The Kier molecular flexibility index (Phi) is 9.55. The van der Waals surface area contributed by atoms with Gasteiger partial charge in [-0.05, 0) is 63.0 Å². The number of aliphatic imine (C=N–C) groups is 1. The summed E-state index contributed by atoms with van der Waals surface area (Å²) in [6.45, 7) is 4.53. The van der Waals surface area contributed by atoms with Crippen LogP contribution in [0, 0.1) is 0 Å². The molecule has 5 nitrogen and oxygen atoms in total. The number of hydrogen-bond donors (Lipinski definition) is 2. The van der Waals surface area contributed by atoms with Crippen LogP contribution in [-0.4, -0.2) is 42.1 Å². The maximum atomic E-state index is 5.91. The molecule has 0 aliphatic heterocycles. The lowest BCUT2D eigenvalue weighted by atomic mass is 10.3. The minimum absolute atomic E-state index is 0.354. The van der Waals surface area contributed by atoms with Crippen molar-refractivity contribution in [2.45, 2.75) is 58.1 Å². The minimum Gasteiger partial charge on any atom is -0.474 e. The zero-order valence-electron chi connectivity index (χ0n) is 15.6. The highest BCUT2D eigenvalue weighted by Gasteiger charge is 2.16. The summed E-state index contributed by atoms with van der Waals surface area (Å²) in [6, 6.07) is 4.02. The third-order valence-electron chi connectivity index (χ3n) is 4.22. The average Bonchev–Trinajstić information content (AvgIpc) is 3.13. The van der Waals surface area contributed by atoms with Crippen LogP contribution < -0.4 is 15.4 Å². The van der Waals surface area contributed by atoms with Crippen LogP contribution in [0.5, 0.6) is 5.88 Å². The molecule has 0 unspecified atom stereocenters. The lowest BCUT2D eigenvalue weighted by Crippen LogP contribution is -2.37. The fourth-order valence-corrected chi connectivity index (χ4v) is 3.33. The number of unbranched alkanes of at least 4 members (excludes halogenated alkanes) is 1. The molecule has 140 valence electrons. The second kappa shape index (κ2) is 12.0. The van der Waals surface area contributed by atoms with Gasteiger partial charge in [0.1, 0.15) is 6.10 Å². The maximum absolute atomic E-state index is 5.91. The summed E-state index contributed by atoms with van der Waals surface area (Å²) in [5.74, 6) is 2.83. The van der Waals surface area contributed by atoms with Crippen LogP contribution in [0.4, 0.5) is 0 Å². The van der Waals surface area contributed by atoms with Crippen molar-refractivity contribution in [1.29, 1.82) is 0 Å². The number of nitrogens with zero attached hydrogens (tertiary/aromatic N) is 2. The van der Waals surface area contributed by atoms with E-state index in [4.69, 9.17) is 4.74 Å². The van der Waals surface area contributed by atoms with Crippen LogP contribution in [0.15, 0.2) is 23.3 Å². The van der Waals surface area contributed by atoms with E-state index < -0.39 is 0 Å². The Balaban J connectivity index is 1.77. The molecule has 1 aromatic heterocycles. The van der Waals surface area contributed by atoms with Crippen LogP contribution in [-0.2, 0) is 6.54 Å². The van der Waals surface area contributed by atoms with Gasteiger partial charge in [0.25, 0.3) is 0 Å². The third-order valence-corrected chi connectivity index (χ3v) is 4.92. The van der Waals surface area contributed by atoms with Gasteiger partial charge in [-0.2, -0.15) is 11.8 Å². The molecule has 2 N–H and O–H groups in total. The Hall–Kier alpha value is -1.43. The van der Waals surface area contributed by atoms with Gasteiger partial charge in [0, 0.05) is 25.4 Å². The first-order valence-corrected chi connectivity index (χ1v) is 10.8. The number of thioether (sulfide) groups is 1. The molecule has 2 rings (SSSR count). The maximum Gasteiger partial charge on any atom is 0.213 e. The Labute approximate surface area is 156 Å². The third kappa shape index (κ3) is 7.99. The van der Waals surface area contributed by atoms with Gasteiger partial charge >= 0.3 is 0 Å². The number of guanidine groups is 1. The zero-order chi connectivity index (χ0) is 17.7. The van der Waals surface area contributed by atoms with Crippen LogP contribution in [0.3, 0.4) is 0 Å². The highest BCUT2D eigenvalue weighted by molar-refractivity contribution is 7.98. The second-order valence-electron chi connectivity index (χ2n) is 6.35. The van der Waals surface area contributed by atoms with Gasteiger partial charge in [-0.25, -0.2) is 9.98 Å². The fraction of sp³-hybridized carbons (Fsp3) is 0.684. The summed E-state index contributed by atoms with van der Waals surface area (Å²) in [6.07, 6.45) is 11.6. The van der Waals surface area contributed by atoms with Gasteiger partial charge in [0.05, 0.1) is 6.54 Å². The summed E-state index contributed by atoms with van der Waals surface area (Å²) in [4.78, 5) is 9.07. The summed E-state index contributed by atoms with van der Waals surface area (Å²) in [5.41, 5.74) is 1.10. The lowest BCUT2D eigenvalue weighted by Gasteiger charge is -2.12. The van der Waals surface area contributed by atoms with Gasteiger partial charge in [0.2, 0.25) is 5.88 Å². The molecule has 1 aliphatic carbocycles. The van der Waals surface area contributed by atoms with Crippen molar-refractivity contribution >= 4 is 17.7 Å². The largest absolute Gasteiger partial charge is 0.474 e. The first kappa shape index (κ1) is 19.9. The molecule has 0 atom stereocenters. The van der Waals surface area contributed by atoms with E-state index in [0.29, 0.717) is 12.6 Å². The van der Waals surface area contributed by atoms with Crippen molar-refractivity contribution < 1.29 is 4.74 Å². The van der Waals surface area contributed by atoms with E-state index in [1.165, 1.54) is 31.4 Å². The van der Waals surface area contributed by atoms with E-state index in [-0.39, 0.29) is 0 Å². The van der Waals surface area contributed by atoms with E-state index in [1.807, 2.05) is 24.0 Å². The number of ether oxygens (including phenoxy) is 1. The number of nitrogens with one attached hydrogen (secondary N) is 2. The molecule has 6 heteroatoms. The molecule has 0 radical (unpaired) electrons. The van der Waals surface area contributed by atoms with Crippen LogP contribution >= 0.6 is 11.8 Å². The van der Waals surface area contributed by atoms with Crippen molar-refractivity contribution in [3.8, 4) is 5.88 Å². The molecule has 1 fully saturated rings. The van der Waals surface area contributed by atoms with E-state index in [9.17, 15) is 0 Å². The van der Waals surface area contributed by atoms with E-state index >= 15 is 0 Å². The molecule has 1 aromatic rings. The number of pyridine rings is 1. The van der Waals surface area contributed by atoms with Gasteiger partial charge in [-0.1, -0.05) is 6.07 Å². The molecule has 0 saturated heterocycles. The van der Waals surface area contributed by atoms with Crippen molar-refractivity contribution in [3.05, 3.63) is 23.9 Å². The van der Waals surface area contributed by atoms with Gasteiger partial charge in [-0.15, -0.1) is 0 Å². The van der Waals surface area contributed by atoms with Crippen LogP contribution in [0.1, 0.15) is 51.0 Å². The average molecular weight is 365 g/mol. The minimum atomic E-state index is 0.354. The Morgan fingerprint density at radius 3 is 2.80 bits per heavy atom. The van der Waals surface area contributed by atoms with Crippen molar-refractivity contribution in [1.82, 2.24) is 15.6 Å². The van der Waals surface area contributed by atoms with Gasteiger partial charge in [-0.3, -0.25) is 0 Å². The SMILES string of the molecule is CCNC(=NCc1ccc(OC2CCCC2)nc1)NCCCCSC. The molecular formula is C19H32N4OS. The normalized spacial score (nSPS) is 15.4. The molecule has 25 heavy (non-hydrogen) atoms. The fourth-order valence-electron chi connectivity index (χ4n) is 2.84. The monoisotopic (exact) mass is 364 g/mol. The standard InChI is InChI=1S/C19H32N4OS/c1-3-20-19(21-12-6-7-13-25-2)23-15-16-10-11-18(22-14-16)24-17-8-4-5-9-17/h10-11,14,17H,3-9,12-13,15H2,1-2H3,(H2,20,21,23). The van der Waals surface area contributed by atoms with Gasteiger partial charge < -0.3 is 15.4 Å². The lowest BCUT2D eigenvalue weighted by molar-refractivity contribution is 0.201. The first-order valence-electron chi connectivity index (χ1n) is 9.44. The van der Waals surface area contributed by atoms with Gasteiger partial charge in [0.15, 0.2) is 5.96 Å². The summed E-state index contributed by atoms with van der Waals surface area (Å²) in [7, 11) is 0. The van der Waals surface area contributed by atoms with Crippen LogP contribution in [0.2, 0.25) is 0 Å². The Bertz CT molecular complexity index is 501. The Morgan fingerprint density at radius 2 is 2.12 bits per heavy atom. The second-order valence-corrected chi connectivity index (χ2v) is 7.34. The molecule has 0 aromatic carbocycles. The summed E-state index contributed by atoms with van der Waals surface area (Å²) >= 11 is 1.90. The van der Waals surface area contributed by atoms with Crippen molar-refractivity contribution in [2.24, 2.45) is 4.99 Å². The summed E-state index contributed by atoms with van der Waals surface area (Å²) < 4.78 is 5.91. The quantitative estimate of drug-likeness (QED) is 0.377.